The maximum Gasteiger partial charge on any atom is 0.214 e. The highest BCUT2D eigenvalue weighted by atomic mass is 35.5. The summed E-state index contributed by atoms with van der Waals surface area (Å²) in [6.45, 7) is 2.90. The number of sulfonamides is 1. The minimum absolute atomic E-state index is 0.0186. The molecule has 0 radical (unpaired) electrons. The van der Waals surface area contributed by atoms with Crippen LogP contribution in [0.3, 0.4) is 0 Å². The first-order chi connectivity index (χ1) is 10.0. The van der Waals surface area contributed by atoms with Crippen molar-refractivity contribution in [1.29, 1.82) is 0 Å². The van der Waals surface area contributed by atoms with E-state index in [1.807, 2.05) is 37.3 Å². The van der Waals surface area contributed by atoms with Gasteiger partial charge in [-0.2, -0.15) is 0 Å². The quantitative estimate of drug-likeness (QED) is 0.753. The van der Waals surface area contributed by atoms with Crippen LogP contribution in [0.5, 0.6) is 5.75 Å². The second-order valence-electron chi connectivity index (χ2n) is 5.57. The zero-order chi connectivity index (χ0) is 15.3. The Bertz CT molecular complexity index is 527. The molecule has 1 atom stereocenters. The Morgan fingerprint density at radius 3 is 2.48 bits per heavy atom. The van der Waals surface area contributed by atoms with E-state index in [9.17, 15) is 8.42 Å². The van der Waals surface area contributed by atoms with Crippen molar-refractivity contribution in [3.8, 4) is 5.75 Å². The lowest BCUT2D eigenvalue weighted by Gasteiger charge is -2.32. The summed E-state index contributed by atoms with van der Waals surface area (Å²) >= 11 is 5.71. The third-order valence-corrected chi connectivity index (χ3v) is 6.27. The van der Waals surface area contributed by atoms with Crippen LogP contribution in [0.4, 0.5) is 0 Å². The number of ether oxygens (including phenoxy) is 1. The summed E-state index contributed by atoms with van der Waals surface area (Å²) in [5.74, 6) is 1.32. The van der Waals surface area contributed by atoms with Gasteiger partial charge in [0.15, 0.2) is 0 Å². The highest BCUT2D eigenvalue weighted by Gasteiger charge is 2.29. The summed E-state index contributed by atoms with van der Waals surface area (Å²) in [6.07, 6.45) is 1.54. The largest absolute Gasteiger partial charge is 0.490 e. The van der Waals surface area contributed by atoms with Gasteiger partial charge >= 0.3 is 0 Å². The average molecular weight is 332 g/mol. The molecule has 1 aliphatic rings. The third-order valence-electron chi connectivity index (χ3n) is 3.60. The van der Waals surface area contributed by atoms with E-state index in [4.69, 9.17) is 16.3 Å². The van der Waals surface area contributed by atoms with Gasteiger partial charge in [-0.1, -0.05) is 25.1 Å². The minimum Gasteiger partial charge on any atom is -0.490 e. The minimum atomic E-state index is -3.20. The van der Waals surface area contributed by atoms with Crippen molar-refractivity contribution in [1.82, 2.24) is 4.31 Å². The van der Waals surface area contributed by atoms with Gasteiger partial charge < -0.3 is 4.74 Å². The zero-order valence-electron chi connectivity index (χ0n) is 12.2. The molecule has 1 aliphatic heterocycles. The van der Waals surface area contributed by atoms with Gasteiger partial charge in [0.2, 0.25) is 10.0 Å². The number of alkyl halides is 1. The predicted molar refractivity (Wildman–Crippen MR) is 85.3 cm³/mol. The molecule has 118 valence electrons. The molecular weight excluding hydrogens is 310 g/mol. The molecule has 0 spiro atoms. The number of piperidine rings is 1. The molecule has 1 unspecified atom stereocenters. The molecule has 1 heterocycles. The van der Waals surface area contributed by atoms with Crippen molar-refractivity contribution in [2.24, 2.45) is 5.92 Å². The Balaban J connectivity index is 1.85. The van der Waals surface area contributed by atoms with Gasteiger partial charge in [-0.25, -0.2) is 12.7 Å². The van der Waals surface area contributed by atoms with Gasteiger partial charge in [-0.3, -0.25) is 0 Å². The molecule has 1 aromatic rings. The Morgan fingerprint density at radius 1 is 1.29 bits per heavy atom. The van der Waals surface area contributed by atoms with E-state index in [0.717, 1.165) is 18.6 Å². The molecule has 0 aliphatic carbocycles. The van der Waals surface area contributed by atoms with E-state index >= 15 is 0 Å². The smallest absolute Gasteiger partial charge is 0.214 e. The summed E-state index contributed by atoms with van der Waals surface area (Å²) in [7, 11) is -3.20. The number of para-hydroxylation sites is 1. The molecule has 0 amide bonds. The molecule has 21 heavy (non-hydrogen) atoms. The van der Waals surface area contributed by atoms with Crippen LogP contribution in [-0.2, 0) is 10.0 Å². The molecule has 6 heteroatoms. The number of benzene rings is 1. The van der Waals surface area contributed by atoms with Crippen LogP contribution in [0.25, 0.3) is 0 Å². The van der Waals surface area contributed by atoms with E-state index in [-0.39, 0.29) is 17.8 Å². The number of halogens is 1. The Morgan fingerprint density at radius 2 is 1.90 bits per heavy atom. The van der Waals surface area contributed by atoms with Gasteiger partial charge in [-0.05, 0) is 30.9 Å². The highest BCUT2D eigenvalue weighted by Crippen LogP contribution is 2.21. The van der Waals surface area contributed by atoms with Crippen LogP contribution in [0.2, 0.25) is 0 Å². The summed E-state index contributed by atoms with van der Waals surface area (Å²) in [5.41, 5.74) is 0. The normalized spacial score (nSPS) is 19.3. The maximum atomic E-state index is 12.2. The number of hydrogen-bond acceptors (Lipinski definition) is 3. The van der Waals surface area contributed by atoms with Gasteiger partial charge in [0.05, 0.1) is 5.75 Å². The number of rotatable bonds is 6. The van der Waals surface area contributed by atoms with E-state index < -0.39 is 10.0 Å². The maximum absolute atomic E-state index is 12.2. The van der Waals surface area contributed by atoms with Crippen molar-refractivity contribution < 1.29 is 13.2 Å². The van der Waals surface area contributed by atoms with Crippen LogP contribution in [0.1, 0.15) is 19.8 Å². The fraction of sp³-hybridized carbons (Fsp3) is 0.600. The Kier molecular flexibility index (Phi) is 5.90. The van der Waals surface area contributed by atoms with Crippen molar-refractivity contribution in [3.05, 3.63) is 30.3 Å². The van der Waals surface area contributed by atoms with Gasteiger partial charge in [-0.15, -0.1) is 11.6 Å². The molecule has 1 aromatic carbocycles. The van der Waals surface area contributed by atoms with Gasteiger partial charge in [0.1, 0.15) is 11.9 Å². The first kappa shape index (κ1) is 16.6. The molecule has 0 aromatic heterocycles. The Labute approximate surface area is 132 Å². The second kappa shape index (κ2) is 7.47. The molecule has 2 rings (SSSR count). The van der Waals surface area contributed by atoms with Gasteiger partial charge in [0, 0.05) is 19.0 Å². The number of hydrogen-bond donors (Lipinski definition) is 0. The van der Waals surface area contributed by atoms with Crippen LogP contribution >= 0.6 is 11.6 Å². The lowest BCUT2D eigenvalue weighted by Crippen LogP contribution is -2.43. The first-order valence-electron chi connectivity index (χ1n) is 7.27. The van der Waals surface area contributed by atoms with Gasteiger partial charge in [0.25, 0.3) is 0 Å². The number of nitrogens with zero attached hydrogens (tertiary/aromatic N) is 1. The van der Waals surface area contributed by atoms with Crippen LogP contribution in [0, 0.1) is 5.92 Å². The van der Waals surface area contributed by atoms with Crippen molar-refractivity contribution in [2.45, 2.75) is 25.9 Å². The lowest BCUT2D eigenvalue weighted by atomic mass is 10.1. The van der Waals surface area contributed by atoms with E-state index in [1.165, 1.54) is 0 Å². The topological polar surface area (TPSA) is 46.6 Å². The first-order valence-corrected chi connectivity index (χ1v) is 9.41. The Hall–Kier alpha value is -0.780. The monoisotopic (exact) mass is 331 g/mol. The average Bonchev–Trinajstić information content (AvgIpc) is 2.48. The fourth-order valence-electron chi connectivity index (χ4n) is 2.43. The van der Waals surface area contributed by atoms with Crippen LogP contribution in [-0.4, -0.2) is 43.5 Å². The van der Waals surface area contributed by atoms with Crippen LogP contribution < -0.4 is 4.74 Å². The SMILES string of the molecule is CC(CCl)CS(=O)(=O)N1CCC(Oc2ccccc2)CC1. The highest BCUT2D eigenvalue weighted by molar-refractivity contribution is 7.89. The van der Waals surface area contributed by atoms with Crippen molar-refractivity contribution in [2.75, 3.05) is 24.7 Å². The molecule has 0 N–H and O–H groups in total. The third kappa shape index (κ3) is 4.87. The lowest BCUT2D eigenvalue weighted by molar-refractivity contribution is 0.135. The molecule has 1 saturated heterocycles. The fourth-order valence-corrected chi connectivity index (χ4v) is 4.48. The zero-order valence-corrected chi connectivity index (χ0v) is 13.8. The standard InChI is InChI=1S/C15H22ClNO3S/c1-13(11-16)12-21(18,19)17-9-7-15(8-10-17)20-14-5-3-2-4-6-14/h2-6,13,15H,7-12H2,1H3. The molecule has 0 saturated carbocycles. The van der Waals surface area contributed by atoms with E-state index in [2.05, 4.69) is 0 Å². The molecule has 1 fully saturated rings. The molecular formula is C15H22ClNO3S. The van der Waals surface area contributed by atoms with Crippen molar-refractivity contribution in [3.63, 3.8) is 0 Å². The summed E-state index contributed by atoms with van der Waals surface area (Å²) < 4.78 is 31.9. The van der Waals surface area contributed by atoms with E-state index in [1.54, 1.807) is 4.31 Å². The van der Waals surface area contributed by atoms with Crippen molar-refractivity contribution >= 4 is 21.6 Å². The predicted octanol–water partition coefficient (Wildman–Crippen LogP) is 2.73. The summed E-state index contributed by atoms with van der Waals surface area (Å²) in [4.78, 5) is 0. The van der Waals surface area contributed by atoms with E-state index in [0.29, 0.717) is 19.0 Å². The summed E-state index contributed by atoms with van der Waals surface area (Å²) in [6, 6.07) is 9.65. The molecule has 4 nitrogen and oxygen atoms in total. The molecule has 0 bridgehead atoms. The second-order valence-corrected chi connectivity index (χ2v) is 7.89. The van der Waals surface area contributed by atoms with Crippen LogP contribution in [0.15, 0.2) is 30.3 Å². The summed E-state index contributed by atoms with van der Waals surface area (Å²) in [5, 5.41) is 0.